The molecule has 0 saturated heterocycles. The molecule has 0 aliphatic rings. The molecule has 14 heteroatoms. The van der Waals surface area contributed by atoms with E-state index >= 15 is 0 Å². The summed E-state index contributed by atoms with van der Waals surface area (Å²) in [6, 6.07) is 10.1. The van der Waals surface area contributed by atoms with Gasteiger partial charge in [0.1, 0.15) is 11.6 Å². The quantitative estimate of drug-likeness (QED) is 0.0860. The standard InChI is InChI=1S/C36H46N8O6/c1-17(2)29(39-21(7)33(45)43-35(47)48)31-37-15-27(41-31)24-11-9-23(10-12-24)25-13-14-26(20(6)19(25)5)28-16-38-32(42-28)30(18(3)4)40-22(8)34(46)44-36(49)50/h9-18,21-22,29-30,39-40H,1-8H3,(H,37,41)(H,38,42)(H,43,45)(H,44,46)(H,47,48)(H,49,50)/t21?,22?,29?,30-/m0/s1. The molecule has 0 bridgehead atoms. The number of carbonyl (C=O) groups is 4. The molecular weight excluding hydrogens is 640 g/mol. The number of carbonyl (C=O) groups excluding carboxylic acids is 2. The molecule has 0 fully saturated rings. The number of imidazole rings is 2. The third kappa shape index (κ3) is 8.81. The number of imide groups is 2. The van der Waals surface area contributed by atoms with Crippen molar-refractivity contribution >= 4 is 24.0 Å². The van der Waals surface area contributed by atoms with Gasteiger partial charge in [-0.1, -0.05) is 64.1 Å². The maximum absolute atomic E-state index is 12.2. The van der Waals surface area contributed by atoms with Crippen LogP contribution in [0.1, 0.15) is 76.4 Å². The number of carboxylic acid groups (broad SMARTS) is 2. The van der Waals surface area contributed by atoms with Crippen molar-refractivity contribution in [2.45, 2.75) is 79.6 Å². The van der Waals surface area contributed by atoms with Gasteiger partial charge in [-0.2, -0.15) is 0 Å². The highest BCUT2D eigenvalue weighted by molar-refractivity contribution is 5.94. The van der Waals surface area contributed by atoms with E-state index in [0.29, 0.717) is 11.6 Å². The number of aromatic nitrogens is 4. The smallest absolute Gasteiger partial charge is 0.411 e. The average molecular weight is 687 g/mol. The number of hydrogen-bond acceptors (Lipinski definition) is 8. The Balaban J connectivity index is 1.51. The largest absolute Gasteiger partial charge is 0.465 e. The van der Waals surface area contributed by atoms with Crippen molar-refractivity contribution in [2.24, 2.45) is 11.8 Å². The van der Waals surface area contributed by atoms with Crippen LogP contribution in [0.25, 0.3) is 33.6 Å². The van der Waals surface area contributed by atoms with Gasteiger partial charge < -0.3 is 20.2 Å². The molecule has 50 heavy (non-hydrogen) atoms. The van der Waals surface area contributed by atoms with Crippen LogP contribution in [0.4, 0.5) is 9.59 Å². The van der Waals surface area contributed by atoms with Crippen molar-refractivity contribution in [2.75, 3.05) is 0 Å². The van der Waals surface area contributed by atoms with Crippen molar-refractivity contribution in [1.29, 1.82) is 0 Å². The number of rotatable bonds is 13. The normalized spacial score (nSPS) is 13.9. The second kappa shape index (κ2) is 15.9. The first-order valence-electron chi connectivity index (χ1n) is 16.5. The van der Waals surface area contributed by atoms with Crippen molar-refractivity contribution < 1.29 is 29.4 Å². The van der Waals surface area contributed by atoms with Gasteiger partial charge in [-0.25, -0.2) is 19.6 Å². The zero-order valence-corrected chi connectivity index (χ0v) is 29.5. The first-order chi connectivity index (χ1) is 23.6. The zero-order valence-electron chi connectivity index (χ0n) is 29.5. The predicted octanol–water partition coefficient (Wildman–Crippen LogP) is 5.69. The topological polar surface area (TPSA) is 214 Å². The number of benzene rings is 2. The first kappa shape index (κ1) is 37.5. The Kier molecular flexibility index (Phi) is 11.9. The lowest BCUT2D eigenvalue weighted by molar-refractivity contribution is -0.123. The lowest BCUT2D eigenvalue weighted by atomic mass is 9.92. The van der Waals surface area contributed by atoms with Gasteiger partial charge in [0.2, 0.25) is 11.8 Å². The van der Waals surface area contributed by atoms with Gasteiger partial charge >= 0.3 is 12.2 Å². The Morgan fingerprint density at radius 3 is 1.46 bits per heavy atom. The van der Waals surface area contributed by atoms with Crippen molar-refractivity contribution in [3.8, 4) is 33.6 Å². The van der Waals surface area contributed by atoms with E-state index in [-0.39, 0.29) is 23.9 Å². The van der Waals surface area contributed by atoms with Gasteiger partial charge in [0, 0.05) is 23.5 Å². The highest BCUT2D eigenvalue weighted by atomic mass is 16.4. The van der Waals surface area contributed by atoms with Crippen LogP contribution in [-0.2, 0) is 9.59 Å². The molecule has 4 amide bonds. The second-order valence-corrected chi connectivity index (χ2v) is 13.1. The molecule has 0 spiro atoms. The van der Waals surface area contributed by atoms with Crippen LogP contribution in [-0.4, -0.2) is 66.2 Å². The Morgan fingerprint density at radius 1 is 0.600 bits per heavy atom. The molecule has 14 nitrogen and oxygen atoms in total. The number of nitrogens with one attached hydrogen (secondary N) is 6. The van der Waals surface area contributed by atoms with Gasteiger partial charge in [0.05, 0.1) is 35.6 Å². The molecule has 2 aromatic carbocycles. The minimum absolute atomic E-state index is 0.0611. The van der Waals surface area contributed by atoms with Crippen molar-refractivity contribution in [1.82, 2.24) is 41.2 Å². The van der Waals surface area contributed by atoms with E-state index in [1.54, 1.807) is 13.8 Å². The first-order valence-corrected chi connectivity index (χ1v) is 16.5. The predicted molar refractivity (Wildman–Crippen MR) is 189 cm³/mol. The summed E-state index contributed by atoms with van der Waals surface area (Å²) in [6.45, 7) is 15.3. The molecule has 0 radical (unpaired) electrons. The molecule has 0 aliphatic carbocycles. The van der Waals surface area contributed by atoms with Crippen LogP contribution < -0.4 is 21.3 Å². The summed E-state index contributed by atoms with van der Waals surface area (Å²) in [5.41, 5.74) is 7.68. The molecule has 4 rings (SSSR count). The molecule has 3 unspecified atom stereocenters. The van der Waals surface area contributed by atoms with Crippen LogP contribution >= 0.6 is 0 Å². The van der Waals surface area contributed by atoms with Crippen LogP contribution in [0.15, 0.2) is 48.8 Å². The molecule has 266 valence electrons. The number of hydrogen-bond donors (Lipinski definition) is 8. The van der Waals surface area contributed by atoms with E-state index in [1.807, 2.05) is 68.9 Å². The molecular formula is C36H46N8O6. The Morgan fingerprint density at radius 2 is 1.00 bits per heavy atom. The fourth-order valence-electron chi connectivity index (χ4n) is 5.80. The average Bonchev–Trinajstić information content (AvgIpc) is 3.73. The second-order valence-electron chi connectivity index (χ2n) is 13.1. The van der Waals surface area contributed by atoms with Crippen LogP contribution in [0.2, 0.25) is 0 Å². The highest BCUT2D eigenvalue weighted by Gasteiger charge is 2.27. The molecule has 2 aromatic heterocycles. The third-order valence-corrected chi connectivity index (χ3v) is 8.78. The monoisotopic (exact) mass is 686 g/mol. The summed E-state index contributed by atoms with van der Waals surface area (Å²) in [6.07, 6.45) is 0.864. The van der Waals surface area contributed by atoms with Crippen molar-refractivity contribution in [3.63, 3.8) is 0 Å². The summed E-state index contributed by atoms with van der Waals surface area (Å²) in [5.74, 6) is 0.149. The van der Waals surface area contributed by atoms with E-state index in [4.69, 9.17) is 20.2 Å². The lowest BCUT2D eigenvalue weighted by Gasteiger charge is -2.24. The minimum atomic E-state index is -1.40. The number of H-pyrrole nitrogens is 2. The van der Waals surface area contributed by atoms with E-state index in [1.165, 1.54) is 0 Å². The maximum Gasteiger partial charge on any atom is 0.411 e. The fraction of sp³-hybridized carbons (Fsp3) is 0.389. The maximum atomic E-state index is 12.2. The summed E-state index contributed by atoms with van der Waals surface area (Å²) in [7, 11) is 0. The lowest BCUT2D eigenvalue weighted by Crippen LogP contribution is -2.46. The summed E-state index contributed by atoms with van der Waals surface area (Å²) in [4.78, 5) is 62.3. The minimum Gasteiger partial charge on any atom is -0.465 e. The van der Waals surface area contributed by atoms with E-state index in [2.05, 4.69) is 52.6 Å². The number of amides is 4. The van der Waals surface area contributed by atoms with Crippen molar-refractivity contribution in [3.05, 3.63) is 71.6 Å². The molecule has 0 saturated carbocycles. The molecule has 8 N–H and O–H groups in total. The molecule has 4 atom stereocenters. The number of nitrogens with zero attached hydrogens (tertiary/aromatic N) is 2. The zero-order chi connectivity index (χ0) is 36.9. The molecule has 2 heterocycles. The third-order valence-electron chi connectivity index (χ3n) is 8.78. The van der Waals surface area contributed by atoms with E-state index in [0.717, 1.165) is 44.8 Å². The Hall–Kier alpha value is -5.34. The summed E-state index contributed by atoms with van der Waals surface area (Å²) < 4.78 is 0. The van der Waals surface area contributed by atoms with Crippen LogP contribution in [0.3, 0.4) is 0 Å². The van der Waals surface area contributed by atoms with E-state index in [9.17, 15) is 19.2 Å². The fourth-order valence-corrected chi connectivity index (χ4v) is 5.80. The Bertz CT molecular complexity index is 1840. The summed E-state index contributed by atoms with van der Waals surface area (Å²) >= 11 is 0. The van der Waals surface area contributed by atoms with Gasteiger partial charge in [0.25, 0.3) is 0 Å². The highest BCUT2D eigenvalue weighted by Crippen LogP contribution is 2.34. The van der Waals surface area contributed by atoms with Crippen LogP contribution in [0.5, 0.6) is 0 Å². The van der Waals surface area contributed by atoms with Gasteiger partial charge in [-0.3, -0.25) is 30.9 Å². The SMILES string of the molecule is Cc1c(-c2ccc(-c3c[nH]c(C(NC(C)C(=O)NC(=O)O)C(C)C)n3)cc2)ccc(-c2c[nH]c([C@@H](NC(C)C(=O)NC(=O)O)C(C)C)n2)c1C. The molecule has 4 aromatic rings. The summed E-state index contributed by atoms with van der Waals surface area (Å²) in [5, 5.41) is 27.9. The van der Waals surface area contributed by atoms with Crippen LogP contribution in [0, 0.1) is 25.7 Å². The van der Waals surface area contributed by atoms with E-state index < -0.39 is 36.1 Å². The van der Waals surface area contributed by atoms with Gasteiger partial charge in [-0.05, 0) is 61.8 Å². The number of aromatic amines is 2. The Labute approximate surface area is 290 Å². The van der Waals surface area contributed by atoms with Gasteiger partial charge in [-0.15, -0.1) is 0 Å². The van der Waals surface area contributed by atoms with Gasteiger partial charge in [0.15, 0.2) is 0 Å². The molecule has 0 aliphatic heterocycles.